The third kappa shape index (κ3) is 4.55. The predicted molar refractivity (Wildman–Crippen MR) is 122 cm³/mol. The number of amides is 2. The Labute approximate surface area is 180 Å². The van der Waals surface area contributed by atoms with Crippen LogP contribution < -0.4 is 15.1 Å². The van der Waals surface area contributed by atoms with Crippen molar-refractivity contribution in [3.05, 3.63) is 76.3 Å². The molecule has 148 valence electrons. The monoisotopic (exact) mass is 425 g/mol. The molecule has 0 spiro atoms. The number of nitrogens with zero attached hydrogens (tertiary/aromatic N) is 2. The van der Waals surface area contributed by atoms with Crippen molar-refractivity contribution in [3.8, 4) is 0 Å². The Morgan fingerprint density at radius 2 is 1.79 bits per heavy atom. The topological polar surface area (TPSA) is 52.7 Å². The van der Waals surface area contributed by atoms with E-state index in [1.807, 2.05) is 56.3 Å². The van der Waals surface area contributed by atoms with E-state index in [1.54, 1.807) is 24.3 Å². The van der Waals surface area contributed by atoms with Crippen LogP contribution in [-0.2, 0) is 9.59 Å². The first kappa shape index (κ1) is 20.8. The van der Waals surface area contributed by atoms with Gasteiger partial charge in [-0.3, -0.25) is 19.8 Å². The zero-order valence-corrected chi connectivity index (χ0v) is 17.8. The molecule has 7 heteroatoms. The van der Waals surface area contributed by atoms with E-state index in [0.29, 0.717) is 10.7 Å². The lowest BCUT2D eigenvalue weighted by Gasteiger charge is -2.29. The van der Waals surface area contributed by atoms with E-state index in [-0.39, 0.29) is 10.7 Å². The molecule has 1 N–H and O–H groups in total. The number of anilines is 2. The molecule has 2 aromatic rings. The second kappa shape index (κ2) is 8.59. The lowest BCUT2D eigenvalue weighted by Crippen LogP contribution is -2.54. The Hall–Kier alpha value is -2.96. The lowest BCUT2D eigenvalue weighted by atomic mass is 10.1. The third-order valence-corrected chi connectivity index (χ3v) is 5.17. The highest BCUT2D eigenvalue weighted by Crippen LogP contribution is 2.26. The molecule has 0 radical (unpaired) electrons. The minimum Gasteiger partial charge on any atom is -0.378 e. The average Bonchev–Trinajstić information content (AvgIpc) is 2.67. The standard InChI is InChI=1S/C22H20ClN3O2S/c1-14-7-10-17(13-19(14)23)26-21(28)18(20(27)24-22(26)29)6-4-5-15-8-11-16(12-9-15)25(2)3/h4-13H,1-3H3,(H,24,27,29)/b5-4+,18-6+. The van der Waals surface area contributed by atoms with Crippen LogP contribution in [0.4, 0.5) is 11.4 Å². The maximum Gasteiger partial charge on any atom is 0.270 e. The first-order valence-electron chi connectivity index (χ1n) is 8.89. The number of thiocarbonyl (C=S) groups is 1. The largest absolute Gasteiger partial charge is 0.378 e. The molecule has 1 aliphatic rings. The van der Waals surface area contributed by atoms with Gasteiger partial charge in [-0.2, -0.15) is 0 Å². The minimum atomic E-state index is -0.526. The molecule has 1 fully saturated rings. The molecule has 0 aliphatic carbocycles. The SMILES string of the molecule is Cc1ccc(N2C(=O)/C(=C/C=C/c3ccc(N(C)C)cc3)C(=O)NC2=S)cc1Cl. The second-order valence-electron chi connectivity index (χ2n) is 6.76. The van der Waals surface area contributed by atoms with Crippen molar-refractivity contribution in [2.24, 2.45) is 0 Å². The summed E-state index contributed by atoms with van der Waals surface area (Å²) in [6, 6.07) is 13.1. The number of nitrogens with one attached hydrogen (secondary N) is 1. The van der Waals surface area contributed by atoms with Gasteiger partial charge in [0, 0.05) is 24.8 Å². The molecule has 1 saturated heterocycles. The average molecular weight is 426 g/mol. The molecule has 0 aromatic heterocycles. The van der Waals surface area contributed by atoms with Crippen LogP contribution >= 0.6 is 23.8 Å². The molecular formula is C22H20ClN3O2S. The summed E-state index contributed by atoms with van der Waals surface area (Å²) < 4.78 is 0. The van der Waals surface area contributed by atoms with Crippen LogP contribution in [0.15, 0.2) is 60.2 Å². The van der Waals surface area contributed by atoms with Crippen molar-refractivity contribution in [3.63, 3.8) is 0 Å². The van der Waals surface area contributed by atoms with Gasteiger partial charge in [0.25, 0.3) is 11.8 Å². The Morgan fingerprint density at radius 1 is 1.10 bits per heavy atom. The van der Waals surface area contributed by atoms with Crippen molar-refractivity contribution < 1.29 is 9.59 Å². The number of hydrogen-bond donors (Lipinski definition) is 1. The van der Waals surface area contributed by atoms with Crippen molar-refractivity contribution in [1.29, 1.82) is 0 Å². The second-order valence-corrected chi connectivity index (χ2v) is 7.55. The quantitative estimate of drug-likeness (QED) is 0.455. The van der Waals surface area contributed by atoms with E-state index in [9.17, 15) is 9.59 Å². The van der Waals surface area contributed by atoms with Crippen molar-refractivity contribution >= 4 is 58.2 Å². The summed E-state index contributed by atoms with van der Waals surface area (Å²) in [5.41, 5.74) is 3.42. The first-order valence-corrected chi connectivity index (χ1v) is 9.68. The van der Waals surface area contributed by atoms with Gasteiger partial charge in [-0.05, 0) is 60.6 Å². The number of aryl methyl sites for hydroxylation is 1. The number of halogens is 1. The Morgan fingerprint density at radius 3 is 2.41 bits per heavy atom. The van der Waals surface area contributed by atoms with Crippen LogP contribution in [0.2, 0.25) is 5.02 Å². The van der Waals surface area contributed by atoms with Crippen LogP contribution in [0.1, 0.15) is 11.1 Å². The van der Waals surface area contributed by atoms with Crippen molar-refractivity contribution in [2.75, 3.05) is 23.9 Å². The number of carbonyl (C=O) groups excluding carboxylic acids is 2. The van der Waals surface area contributed by atoms with Gasteiger partial charge in [-0.25, -0.2) is 0 Å². The Bertz CT molecular complexity index is 1040. The molecule has 29 heavy (non-hydrogen) atoms. The highest BCUT2D eigenvalue weighted by molar-refractivity contribution is 7.80. The highest BCUT2D eigenvalue weighted by Gasteiger charge is 2.34. The Balaban J connectivity index is 1.85. The molecule has 2 amide bonds. The molecule has 0 unspecified atom stereocenters. The van der Waals surface area contributed by atoms with E-state index < -0.39 is 11.8 Å². The van der Waals surface area contributed by atoms with E-state index >= 15 is 0 Å². The lowest BCUT2D eigenvalue weighted by molar-refractivity contribution is -0.122. The number of benzene rings is 2. The molecule has 3 rings (SSSR count). The maximum absolute atomic E-state index is 12.9. The summed E-state index contributed by atoms with van der Waals surface area (Å²) in [5, 5.41) is 3.10. The molecule has 5 nitrogen and oxygen atoms in total. The molecule has 2 aromatic carbocycles. The van der Waals surface area contributed by atoms with E-state index in [0.717, 1.165) is 16.8 Å². The number of allylic oxidation sites excluding steroid dienone is 2. The summed E-state index contributed by atoms with van der Waals surface area (Å²) in [4.78, 5) is 28.5. The van der Waals surface area contributed by atoms with Crippen molar-refractivity contribution in [2.45, 2.75) is 6.92 Å². The predicted octanol–water partition coefficient (Wildman–Crippen LogP) is 4.10. The Kier molecular flexibility index (Phi) is 6.15. The zero-order valence-electron chi connectivity index (χ0n) is 16.3. The highest BCUT2D eigenvalue weighted by atomic mass is 35.5. The fourth-order valence-corrected chi connectivity index (χ4v) is 3.23. The molecular weight excluding hydrogens is 406 g/mol. The minimum absolute atomic E-state index is 0.00328. The summed E-state index contributed by atoms with van der Waals surface area (Å²) in [5.74, 6) is -1.02. The molecule has 0 saturated carbocycles. The van der Waals surface area contributed by atoms with Gasteiger partial charge in [0.05, 0.1) is 5.69 Å². The van der Waals surface area contributed by atoms with E-state index in [4.69, 9.17) is 23.8 Å². The van der Waals surface area contributed by atoms with E-state index in [2.05, 4.69) is 5.32 Å². The first-order chi connectivity index (χ1) is 13.8. The van der Waals surface area contributed by atoms with Gasteiger partial charge < -0.3 is 4.90 Å². The van der Waals surface area contributed by atoms with Gasteiger partial charge in [0.2, 0.25) is 0 Å². The number of rotatable bonds is 4. The fourth-order valence-electron chi connectivity index (χ4n) is 2.77. The summed E-state index contributed by atoms with van der Waals surface area (Å²) in [6.45, 7) is 1.87. The smallest absolute Gasteiger partial charge is 0.270 e. The maximum atomic E-state index is 12.9. The number of carbonyl (C=O) groups is 2. The van der Waals surface area contributed by atoms with Crippen LogP contribution in [0.5, 0.6) is 0 Å². The normalized spacial score (nSPS) is 15.9. The summed E-state index contributed by atoms with van der Waals surface area (Å²) in [7, 11) is 3.94. The van der Waals surface area contributed by atoms with Crippen LogP contribution in [0.25, 0.3) is 6.08 Å². The molecule has 0 atom stereocenters. The molecule has 1 heterocycles. The summed E-state index contributed by atoms with van der Waals surface area (Å²) in [6.07, 6.45) is 4.99. The van der Waals surface area contributed by atoms with Crippen LogP contribution in [0, 0.1) is 6.92 Å². The zero-order chi connectivity index (χ0) is 21.1. The van der Waals surface area contributed by atoms with Crippen molar-refractivity contribution in [1.82, 2.24) is 5.32 Å². The van der Waals surface area contributed by atoms with Crippen LogP contribution in [0.3, 0.4) is 0 Å². The fraction of sp³-hybridized carbons (Fsp3) is 0.136. The van der Waals surface area contributed by atoms with Gasteiger partial charge in [-0.15, -0.1) is 0 Å². The third-order valence-electron chi connectivity index (χ3n) is 4.48. The molecule has 1 aliphatic heterocycles. The van der Waals surface area contributed by atoms with Crippen LogP contribution in [-0.4, -0.2) is 31.0 Å². The molecule has 0 bridgehead atoms. The van der Waals surface area contributed by atoms with Gasteiger partial charge in [-0.1, -0.05) is 42.0 Å². The van der Waals surface area contributed by atoms with E-state index in [1.165, 1.54) is 11.0 Å². The van der Waals surface area contributed by atoms with Gasteiger partial charge >= 0.3 is 0 Å². The number of hydrogen-bond acceptors (Lipinski definition) is 4. The van der Waals surface area contributed by atoms with Gasteiger partial charge in [0.15, 0.2) is 5.11 Å². The summed E-state index contributed by atoms with van der Waals surface area (Å²) >= 11 is 11.4. The van der Waals surface area contributed by atoms with Gasteiger partial charge in [0.1, 0.15) is 5.57 Å².